The summed E-state index contributed by atoms with van der Waals surface area (Å²) in [4.78, 5) is 32.1. The monoisotopic (exact) mass is 342 g/mol. The van der Waals surface area contributed by atoms with Crippen LogP contribution in [0.2, 0.25) is 0 Å². The van der Waals surface area contributed by atoms with Gasteiger partial charge in [-0.25, -0.2) is 0 Å². The van der Waals surface area contributed by atoms with Crippen LogP contribution < -0.4 is 4.90 Å². The van der Waals surface area contributed by atoms with Gasteiger partial charge in [0.1, 0.15) is 0 Å². The Kier molecular flexibility index (Phi) is 4.67. The molecule has 0 aromatic carbocycles. The lowest BCUT2D eigenvalue weighted by Gasteiger charge is -2.26. The van der Waals surface area contributed by atoms with Crippen molar-refractivity contribution in [2.75, 3.05) is 27.2 Å². The molecule has 0 saturated heterocycles. The molecule has 0 aliphatic carbocycles. The summed E-state index contributed by atoms with van der Waals surface area (Å²) in [5, 5.41) is 10.4. The van der Waals surface area contributed by atoms with Crippen LogP contribution in [0, 0.1) is 0 Å². The molecule has 130 valence electrons. The van der Waals surface area contributed by atoms with Crippen LogP contribution in [0.1, 0.15) is 22.2 Å². The lowest BCUT2D eigenvalue weighted by molar-refractivity contribution is -0.857. The van der Waals surface area contributed by atoms with Crippen molar-refractivity contribution in [2.24, 2.45) is 0 Å². The fraction of sp³-hybridized carbons (Fsp3) is 0.278. The first-order valence-corrected chi connectivity index (χ1v) is 8.02. The molecule has 2 N–H and O–H groups in total. The van der Waals surface area contributed by atoms with Crippen molar-refractivity contribution in [2.45, 2.75) is 6.04 Å². The van der Waals surface area contributed by atoms with Crippen LogP contribution in [0.3, 0.4) is 0 Å². The highest BCUT2D eigenvalue weighted by molar-refractivity contribution is 6.14. The van der Waals surface area contributed by atoms with E-state index in [1.165, 1.54) is 17.2 Å². The second-order valence-electron chi connectivity index (χ2n) is 6.21. The van der Waals surface area contributed by atoms with E-state index < -0.39 is 23.5 Å². The molecule has 0 saturated carbocycles. The summed E-state index contributed by atoms with van der Waals surface area (Å²) in [7, 11) is 3.95. The maximum Gasteiger partial charge on any atom is 0.290 e. The highest BCUT2D eigenvalue weighted by Gasteiger charge is 2.44. The SMILES string of the molecule is C[NH+](C)CCN1C(=O)C(O)=C(C(=O)c2ccco2)[C@@H]1c1ccncc1. The third-order valence-corrected chi connectivity index (χ3v) is 4.17. The van der Waals surface area contributed by atoms with Crippen molar-refractivity contribution < 1.29 is 24.0 Å². The number of aromatic nitrogens is 1. The van der Waals surface area contributed by atoms with Gasteiger partial charge >= 0.3 is 0 Å². The highest BCUT2D eigenvalue weighted by Crippen LogP contribution is 2.38. The van der Waals surface area contributed by atoms with Gasteiger partial charge in [-0.3, -0.25) is 14.6 Å². The van der Waals surface area contributed by atoms with E-state index in [4.69, 9.17) is 4.42 Å². The van der Waals surface area contributed by atoms with Gasteiger partial charge in [0.15, 0.2) is 11.5 Å². The van der Waals surface area contributed by atoms with Crippen molar-refractivity contribution in [1.29, 1.82) is 0 Å². The predicted octanol–water partition coefficient (Wildman–Crippen LogP) is 0.397. The number of carbonyl (C=O) groups excluding carboxylic acids is 2. The Morgan fingerprint density at radius 2 is 2.04 bits per heavy atom. The zero-order valence-corrected chi connectivity index (χ0v) is 14.1. The molecule has 7 heteroatoms. The first kappa shape index (κ1) is 16.9. The van der Waals surface area contributed by atoms with Crippen LogP contribution in [0.15, 0.2) is 58.7 Å². The number of furan rings is 1. The van der Waals surface area contributed by atoms with Gasteiger partial charge in [0, 0.05) is 12.4 Å². The van der Waals surface area contributed by atoms with Crippen molar-refractivity contribution in [3.63, 3.8) is 0 Å². The van der Waals surface area contributed by atoms with Gasteiger partial charge in [0.25, 0.3) is 5.91 Å². The molecular formula is C18H20N3O4+. The minimum atomic E-state index is -0.660. The number of rotatable bonds is 6. The molecule has 0 fully saturated rings. The van der Waals surface area contributed by atoms with Gasteiger partial charge in [-0.2, -0.15) is 0 Å². The number of amides is 1. The highest BCUT2D eigenvalue weighted by atomic mass is 16.3. The van der Waals surface area contributed by atoms with Crippen LogP contribution in [0.25, 0.3) is 0 Å². The Morgan fingerprint density at radius 3 is 2.64 bits per heavy atom. The second-order valence-corrected chi connectivity index (χ2v) is 6.21. The molecule has 3 rings (SSSR count). The van der Waals surface area contributed by atoms with Crippen molar-refractivity contribution in [3.8, 4) is 0 Å². The third kappa shape index (κ3) is 3.18. The fourth-order valence-corrected chi connectivity index (χ4v) is 2.89. The number of quaternary nitrogens is 1. The Balaban J connectivity index is 2.04. The smallest absolute Gasteiger partial charge is 0.290 e. The molecule has 0 unspecified atom stereocenters. The van der Waals surface area contributed by atoms with E-state index in [0.29, 0.717) is 13.1 Å². The van der Waals surface area contributed by atoms with E-state index >= 15 is 0 Å². The Hall–Kier alpha value is -2.93. The molecule has 25 heavy (non-hydrogen) atoms. The number of ketones is 1. The molecule has 1 aliphatic rings. The van der Waals surface area contributed by atoms with Crippen molar-refractivity contribution in [3.05, 3.63) is 65.6 Å². The third-order valence-electron chi connectivity index (χ3n) is 4.17. The largest absolute Gasteiger partial charge is 0.503 e. The lowest BCUT2D eigenvalue weighted by atomic mass is 9.96. The molecular weight excluding hydrogens is 322 g/mol. The number of carbonyl (C=O) groups is 2. The first-order chi connectivity index (χ1) is 12.0. The Morgan fingerprint density at radius 1 is 1.32 bits per heavy atom. The Bertz CT molecular complexity index is 797. The fourth-order valence-electron chi connectivity index (χ4n) is 2.89. The van der Waals surface area contributed by atoms with Gasteiger partial charge in [0.05, 0.1) is 45.1 Å². The maximum absolute atomic E-state index is 12.8. The molecule has 0 bridgehead atoms. The quantitative estimate of drug-likeness (QED) is 0.742. The molecule has 0 spiro atoms. The number of hydrogen-bond donors (Lipinski definition) is 2. The number of Topliss-reactive ketones (excluding diaryl/α,β-unsaturated/α-hetero) is 1. The number of nitrogens with one attached hydrogen (secondary N) is 1. The molecule has 0 radical (unpaired) electrons. The van der Waals surface area contributed by atoms with Gasteiger partial charge < -0.3 is 19.3 Å². The summed E-state index contributed by atoms with van der Waals surface area (Å²) in [5.41, 5.74) is 0.760. The summed E-state index contributed by atoms with van der Waals surface area (Å²) < 4.78 is 5.17. The van der Waals surface area contributed by atoms with E-state index in [2.05, 4.69) is 4.98 Å². The predicted molar refractivity (Wildman–Crippen MR) is 89.1 cm³/mol. The molecule has 1 amide bonds. The number of pyridine rings is 1. The summed E-state index contributed by atoms with van der Waals surface area (Å²) >= 11 is 0. The summed E-state index contributed by atoms with van der Waals surface area (Å²) in [6, 6.07) is 5.93. The summed E-state index contributed by atoms with van der Waals surface area (Å²) in [6.45, 7) is 1.09. The minimum Gasteiger partial charge on any atom is -0.503 e. The first-order valence-electron chi connectivity index (χ1n) is 8.02. The van der Waals surface area contributed by atoms with E-state index in [0.717, 1.165) is 10.5 Å². The second kappa shape index (κ2) is 6.90. The van der Waals surface area contributed by atoms with Gasteiger partial charge in [-0.05, 0) is 29.8 Å². The minimum absolute atomic E-state index is 0.0416. The topological polar surface area (TPSA) is 88.1 Å². The number of likely N-dealkylation sites (N-methyl/N-ethyl adjacent to an activating group) is 1. The van der Waals surface area contributed by atoms with Crippen LogP contribution in [-0.4, -0.2) is 53.9 Å². The molecule has 1 aliphatic heterocycles. The van der Waals surface area contributed by atoms with E-state index in [1.54, 1.807) is 30.6 Å². The van der Waals surface area contributed by atoms with Crippen molar-refractivity contribution in [1.82, 2.24) is 9.88 Å². The van der Waals surface area contributed by atoms with E-state index in [1.807, 2.05) is 14.1 Å². The summed E-state index contributed by atoms with van der Waals surface area (Å²) in [6.07, 6.45) is 4.58. The zero-order valence-electron chi connectivity index (χ0n) is 14.1. The average Bonchev–Trinajstić information content (AvgIpc) is 3.22. The zero-order chi connectivity index (χ0) is 18.0. The molecule has 3 heterocycles. The van der Waals surface area contributed by atoms with Crippen LogP contribution >= 0.6 is 0 Å². The number of aliphatic hydroxyl groups excluding tert-OH is 1. The van der Waals surface area contributed by atoms with E-state index in [-0.39, 0.29) is 11.3 Å². The summed E-state index contributed by atoms with van der Waals surface area (Å²) in [5.74, 6) is -1.46. The normalized spacial score (nSPS) is 17.6. The van der Waals surface area contributed by atoms with Crippen LogP contribution in [0.5, 0.6) is 0 Å². The van der Waals surface area contributed by atoms with Gasteiger partial charge in [-0.15, -0.1) is 0 Å². The van der Waals surface area contributed by atoms with Crippen LogP contribution in [-0.2, 0) is 4.79 Å². The lowest BCUT2D eigenvalue weighted by Crippen LogP contribution is -3.06. The van der Waals surface area contributed by atoms with Gasteiger partial charge in [0.2, 0.25) is 5.78 Å². The van der Waals surface area contributed by atoms with Crippen molar-refractivity contribution >= 4 is 11.7 Å². The molecule has 2 aromatic rings. The van der Waals surface area contributed by atoms with Gasteiger partial charge in [-0.1, -0.05) is 0 Å². The molecule has 7 nitrogen and oxygen atoms in total. The molecule has 1 atom stereocenters. The standard InChI is InChI=1S/C18H19N3O4/c1-20(2)9-10-21-15(12-5-7-19-8-6-12)14(17(23)18(21)24)16(22)13-4-3-11-25-13/h3-8,11,15,23H,9-10H2,1-2H3/p+1/t15-/m0/s1. The average molecular weight is 342 g/mol. The Labute approximate surface area is 145 Å². The number of nitrogens with zero attached hydrogens (tertiary/aromatic N) is 2. The number of hydrogen-bond acceptors (Lipinski definition) is 5. The molecule has 2 aromatic heterocycles. The maximum atomic E-state index is 12.8. The number of aliphatic hydroxyl groups is 1. The van der Waals surface area contributed by atoms with Crippen LogP contribution in [0.4, 0.5) is 0 Å². The van der Waals surface area contributed by atoms with E-state index in [9.17, 15) is 14.7 Å².